The van der Waals surface area contributed by atoms with E-state index in [0.29, 0.717) is 5.56 Å². The number of esters is 2. The molecule has 0 aromatic heterocycles. The van der Waals surface area contributed by atoms with Crippen LogP contribution in [-0.4, -0.2) is 31.2 Å². The van der Waals surface area contributed by atoms with Gasteiger partial charge in [-0.3, -0.25) is 0 Å². The molecule has 3 rings (SSSR count). The number of hydrogen-bond donors (Lipinski definition) is 1. The van der Waals surface area contributed by atoms with Gasteiger partial charge in [0.2, 0.25) is 0 Å². The Morgan fingerprint density at radius 2 is 1.96 bits per heavy atom. The molecule has 2 heterocycles. The van der Waals surface area contributed by atoms with Gasteiger partial charge in [-0.1, -0.05) is 6.07 Å². The lowest BCUT2D eigenvalue weighted by Gasteiger charge is -2.25. The zero-order valence-electron chi connectivity index (χ0n) is 12.9. The van der Waals surface area contributed by atoms with Crippen molar-refractivity contribution < 1.29 is 32.2 Å². The lowest BCUT2D eigenvalue weighted by molar-refractivity contribution is -0.219. The number of alkyl halides is 3. The van der Waals surface area contributed by atoms with Crippen molar-refractivity contribution in [3.05, 3.63) is 34.4 Å². The topological polar surface area (TPSA) is 64.6 Å². The van der Waals surface area contributed by atoms with Crippen molar-refractivity contribution in [1.82, 2.24) is 5.32 Å². The van der Waals surface area contributed by atoms with Crippen molar-refractivity contribution in [2.24, 2.45) is 0 Å². The van der Waals surface area contributed by atoms with Crippen LogP contribution in [-0.2, 0) is 14.3 Å². The monoisotopic (exact) mass is 343 g/mol. The molecule has 2 aliphatic heterocycles. The summed E-state index contributed by atoms with van der Waals surface area (Å²) in [7, 11) is 0. The minimum Gasteiger partial charge on any atom is -0.417 e. The van der Waals surface area contributed by atoms with Crippen molar-refractivity contribution >= 4 is 11.9 Å². The first kappa shape index (κ1) is 16.8. The summed E-state index contributed by atoms with van der Waals surface area (Å²) in [5.41, 5.74) is 1.95. The lowest BCUT2D eigenvalue weighted by Crippen LogP contribution is -2.28. The Labute approximate surface area is 136 Å². The fourth-order valence-corrected chi connectivity index (χ4v) is 3.27. The molecule has 1 fully saturated rings. The van der Waals surface area contributed by atoms with Gasteiger partial charge in [0.25, 0.3) is 6.29 Å². The summed E-state index contributed by atoms with van der Waals surface area (Å²) in [6.07, 6.45) is -5.01. The third kappa shape index (κ3) is 2.98. The molecule has 8 heteroatoms. The highest BCUT2D eigenvalue weighted by Gasteiger charge is 2.46. The predicted octanol–water partition coefficient (Wildman–Crippen LogP) is 2.74. The van der Waals surface area contributed by atoms with Crippen molar-refractivity contribution in [2.75, 3.05) is 13.1 Å². The van der Waals surface area contributed by atoms with Gasteiger partial charge in [0.05, 0.1) is 11.1 Å². The fraction of sp³-hybridized carbons (Fsp3) is 0.500. The minimum atomic E-state index is -5.14. The molecule has 0 aliphatic carbocycles. The van der Waals surface area contributed by atoms with Gasteiger partial charge < -0.3 is 14.8 Å². The van der Waals surface area contributed by atoms with Gasteiger partial charge in [-0.15, -0.1) is 0 Å². The van der Waals surface area contributed by atoms with Crippen LogP contribution in [0.3, 0.4) is 0 Å². The first-order valence-corrected chi connectivity index (χ1v) is 7.62. The molecule has 0 saturated carbocycles. The van der Waals surface area contributed by atoms with Crippen molar-refractivity contribution in [3.63, 3.8) is 0 Å². The molecule has 0 bridgehead atoms. The van der Waals surface area contributed by atoms with Crippen LogP contribution in [0.2, 0.25) is 0 Å². The third-order valence-electron chi connectivity index (χ3n) is 4.45. The molecule has 1 N–H and O–H groups in total. The zero-order chi connectivity index (χ0) is 17.5. The highest BCUT2D eigenvalue weighted by atomic mass is 19.4. The first-order chi connectivity index (χ1) is 11.3. The number of carbonyl (C=O) groups excluding carboxylic acids is 2. The van der Waals surface area contributed by atoms with E-state index in [0.717, 1.165) is 31.5 Å². The Morgan fingerprint density at radius 1 is 1.29 bits per heavy atom. The van der Waals surface area contributed by atoms with Crippen LogP contribution >= 0.6 is 0 Å². The molecule has 130 valence electrons. The fourth-order valence-electron chi connectivity index (χ4n) is 3.27. The highest BCUT2D eigenvalue weighted by Crippen LogP contribution is 2.40. The third-order valence-corrected chi connectivity index (χ3v) is 4.45. The van der Waals surface area contributed by atoms with Crippen LogP contribution in [0.1, 0.15) is 52.1 Å². The van der Waals surface area contributed by atoms with Crippen LogP contribution < -0.4 is 5.32 Å². The summed E-state index contributed by atoms with van der Waals surface area (Å²) in [5, 5.41) is 3.24. The number of ether oxygens (including phenoxy) is 2. The molecule has 0 spiro atoms. The number of fused-ring (bicyclic) bond motifs is 1. The summed E-state index contributed by atoms with van der Waals surface area (Å²) in [6.45, 7) is 3.42. The Hall–Kier alpha value is -2.09. The Kier molecular flexibility index (Phi) is 4.25. The smallest absolute Gasteiger partial charge is 0.417 e. The van der Waals surface area contributed by atoms with Crippen LogP contribution in [0.15, 0.2) is 12.1 Å². The van der Waals surface area contributed by atoms with Crippen LogP contribution in [0.4, 0.5) is 13.2 Å². The molecule has 1 aromatic carbocycles. The number of halogens is 3. The molecule has 1 atom stereocenters. The van der Waals surface area contributed by atoms with Crippen molar-refractivity contribution in [2.45, 2.75) is 38.1 Å². The van der Waals surface area contributed by atoms with E-state index < -0.39 is 24.4 Å². The van der Waals surface area contributed by atoms with E-state index in [1.807, 2.05) is 0 Å². The Balaban J connectivity index is 1.94. The maximum Gasteiger partial charge on any atom is 0.491 e. The second-order valence-electron chi connectivity index (χ2n) is 5.91. The van der Waals surface area contributed by atoms with E-state index in [9.17, 15) is 22.8 Å². The molecular formula is C16H16F3NO4. The van der Waals surface area contributed by atoms with Crippen LogP contribution in [0.25, 0.3) is 0 Å². The Morgan fingerprint density at radius 3 is 2.58 bits per heavy atom. The minimum absolute atomic E-state index is 0.144. The molecule has 5 nitrogen and oxygen atoms in total. The Bertz CT molecular complexity index is 681. The van der Waals surface area contributed by atoms with Gasteiger partial charge in [0.1, 0.15) is 0 Å². The summed E-state index contributed by atoms with van der Waals surface area (Å²) >= 11 is 0. The molecule has 24 heavy (non-hydrogen) atoms. The lowest BCUT2D eigenvalue weighted by atomic mass is 9.84. The van der Waals surface area contributed by atoms with Crippen molar-refractivity contribution in [3.8, 4) is 0 Å². The van der Waals surface area contributed by atoms with E-state index in [2.05, 4.69) is 10.1 Å². The standard InChI is InChI=1S/C16H16F3NO4/c1-8-10(9-4-6-20-7-5-9)2-3-11-12(8)14(23-13(11)21)24-15(22)16(17,18)19/h2-3,9,14,20H,4-7H2,1H3. The number of hydrogen-bond acceptors (Lipinski definition) is 5. The summed E-state index contributed by atoms with van der Waals surface area (Å²) in [6, 6.07) is 3.34. The van der Waals surface area contributed by atoms with Gasteiger partial charge in [-0.05, 0) is 56.0 Å². The van der Waals surface area contributed by atoms with E-state index in [1.165, 1.54) is 6.07 Å². The molecule has 1 aromatic rings. The quantitative estimate of drug-likeness (QED) is 0.837. The van der Waals surface area contributed by atoms with E-state index >= 15 is 0 Å². The SMILES string of the molecule is Cc1c(C2CCNCC2)ccc2c1C(OC(=O)C(F)(F)F)OC2=O. The first-order valence-electron chi connectivity index (χ1n) is 7.62. The molecule has 1 saturated heterocycles. The van der Waals surface area contributed by atoms with Gasteiger partial charge in [-0.2, -0.15) is 13.2 Å². The number of nitrogens with one attached hydrogen (secondary N) is 1. The van der Waals surface area contributed by atoms with E-state index in [-0.39, 0.29) is 17.0 Å². The molecular weight excluding hydrogens is 327 g/mol. The highest BCUT2D eigenvalue weighted by molar-refractivity contribution is 5.95. The number of piperidine rings is 1. The summed E-state index contributed by atoms with van der Waals surface area (Å²) in [5.74, 6) is -2.92. The maximum absolute atomic E-state index is 12.4. The van der Waals surface area contributed by atoms with Gasteiger partial charge in [0, 0.05) is 0 Å². The average Bonchev–Trinajstić information content (AvgIpc) is 2.84. The van der Waals surface area contributed by atoms with Crippen LogP contribution in [0, 0.1) is 6.92 Å². The maximum atomic E-state index is 12.4. The van der Waals surface area contributed by atoms with Gasteiger partial charge in [0.15, 0.2) is 0 Å². The second kappa shape index (κ2) is 6.08. The number of benzene rings is 1. The van der Waals surface area contributed by atoms with Gasteiger partial charge >= 0.3 is 18.1 Å². The molecule has 1 unspecified atom stereocenters. The summed E-state index contributed by atoms with van der Waals surface area (Å²) in [4.78, 5) is 22.9. The van der Waals surface area contributed by atoms with Crippen molar-refractivity contribution in [1.29, 1.82) is 0 Å². The van der Waals surface area contributed by atoms with E-state index in [1.54, 1.807) is 13.0 Å². The average molecular weight is 343 g/mol. The largest absolute Gasteiger partial charge is 0.491 e. The number of carbonyl (C=O) groups is 2. The van der Waals surface area contributed by atoms with E-state index in [4.69, 9.17) is 4.74 Å². The number of rotatable bonds is 2. The van der Waals surface area contributed by atoms with Crippen LogP contribution in [0.5, 0.6) is 0 Å². The predicted molar refractivity (Wildman–Crippen MR) is 76.3 cm³/mol. The molecule has 0 amide bonds. The molecule has 0 radical (unpaired) electrons. The second-order valence-corrected chi connectivity index (χ2v) is 5.91. The zero-order valence-corrected chi connectivity index (χ0v) is 12.9. The molecule has 2 aliphatic rings. The normalized spacial score (nSPS) is 21.3. The number of cyclic esters (lactones) is 1. The summed E-state index contributed by atoms with van der Waals surface area (Å²) < 4.78 is 46.5. The van der Waals surface area contributed by atoms with Gasteiger partial charge in [-0.25, -0.2) is 9.59 Å².